The third-order valence-electron chi connectivity index (χ3n) is 8.94. The highest BCUT2D eigenvalue weighted by molar-refractivity contribution is 7.86. The van der Waals surface area contributed by atoms with Crippen LogP contribution in [0.4, 0.5) is 0 Å². The van der Waals surface area contributed by atoms with Crippen molar-refractivity contribution < 1.29 is 44.3 Å². The SMILES string of the molecule is CS(=O)(=O)O[C@H]1C=C([C@H]2CC3=CC(=O)O[C@@]3([C@H]3CCCN3)C[C@H]2OS(C)(=O)=O)C2=CC(=O)O[C@@]2([C@H]2CCCN2)C1. The molecule has 0 aromatic carbocycles. The first-order valence-corrected chi connectivity index (χ1v) is 17.3. The summed E-state index contributed by atoms with van der Waals surface area (Å²) in [5, 5.41) is 6.79. The van der Waals surface area contributed by atoms with E-state index in [2.05, 4.69) is 10.6 Å². The zero-order chi connectivity index (χ0) is 28.5. The first-order valence-electron chi connectivity index (χ1n) is 13.6. The predicted molar refractivity (Wildman–Crippen MR) is 141 cm³/mol. The van der Waals surface area contributed by atoms with Gasteiger partial charge in [0.25, 0.3) is 20.2 Å². The Kier molecular flexibility index (Phi) is 6.82. The Morgan fingerprint density at radius 1 is 0.850 bits per heavy atom. The number of ether oxygens (including phenoxy) is 2. The fraction of sp³-hybridized carbons (Fsp3) is 0.692. The van der Waals surface area contributed by atoms with E-state index < -0.39 is 61.5 Å². The van der Waals surface area contributed by atoms with Crippen molar-refractivity contribution in [2.75, 3.05) is 25.6 Å². The number of esters is 2. The smallest absolute Gasteiger partial charge is 0.332 e. The summed E-state index contributed by atoms with van der Waals surface area (Å²) in [7, 11) is -7.85. The summed E-state index contributed by atoms with van der Waals surface area (Å²) in [5.74, 6) is -1.71. The molecule has 6 aliphatic rings. The Balaban J connectivity index is 1.47. The van der Waals surface area contributed by atoms with Crippen LogP contribution in [0.1, 0.15) is 44.9 Å². The molecular formula is C26H34N2O10S2. The molecule has 0 amide bonds. The molecule has 2 aliphatic carbocycles. The first-order chi connectivity index (χ1) is 18.8. The molecule has 0 aromatic heterocycles. The Morgan fingerprint density at radius 3 is 2.05 bits per heavy atom. The molecule has 2 saturated heterocycles. The fourth-order valence-electron chi connectivity index (χ4n) is 7.63. The highest BCUT2D eigenvalue weighted by Crippen LogP contribution is 2.55. The topological polar surface area (TPSA) is 163 Å². The summed E-state index contributed by atoms with van der Waals surface area (Å²) in [6.07, 6.45) is 8.06. The average Bonchev–Trinajstić information content (AvgIpc) is 3.61. The molecule has 1 saturated carbocycles. The maximum atomic E-state index is 12.8. The van der Waals surface area contributed by atoms with Gasteiger partial charge in [0.1, 0.15) is 0 Å². The van der Waals surface area contributed by atoms with Gasteiger partial charge in [-0.05, 0) is 56.3 Å². The van der Waals surface area contributed by atoms with E-state index >= 15 is 0 Å². The van der Waals surface area contributed by atoms with Crippen molar-refractivity contribution in [3.63, 3.8) is 0 Å². The molecule has 0 radical (unpaired) electrons. The minimum Gasteiger partial charge on any atom is -0.450 e. The van der Waals surface area contributed by atoms with Gasteiger partial charge in [-0.1, -0.05) is 6.08 Å². The average molecular weight is 599 g/mol. The van der Waals surface area contributed by atoms with Crippen molar-refractivity contribution in [3.8, 4) is 0 Å². The van der Waals surface area contributed by atoms with Crippen LogP contribution in [0.25, 0.3) is 0 Å². The maximum Gasteiger partial charge on any atom is 0.332 e. The molecule has 220 valence electrons. The predicted octanol–water partition coefficient (Wildman–Crippen LogP) is 0.364. The second-order valence-electron chi connectivity index (χ2n) is 11.7. The number of hydrogen-bond donors (Lipinski definition) is 2. The first kappa shape index (κ1) is 28.0. The Morgan fingerprint density at radius 2 is 1.45 bits per heavy atom. The Hall–Kier alpha value is -2.10. The zero-order valence-corrected chi connectivity index (χ0v) is 24.0. The number of hydrogen-bond acceptors (Lipinski definition) is 12. The summed E-state index contributed by atoms with van der Waals surface area (Å²) in [4.78, 5) is 25.5. The van der Waals surface area contributed by atoms with Crippen LogP contribution in [0.3, 0.4) is 0 Å². The van der Waals surface area contributed by atoms with Gasteiger partial charge in [-0.3, -0.25) is 8.37 Å². The van der Waals surface area contributed by atoms with Crippen molar-refractivity contribution in [1.29, 1.82) is 0 Å². The van der Waals surface area contributed by atoms with Gasteiger partial charge >= 0.3 is 11.9 Å². The van der Waals surface area contributed by atoms with E-state index in [0.29, 0.717) is 24.1 Å². The van der Waals surface area contributed by atoms with Crippen LogP contribution in [0.2, 0.25) is 0 Å². The summed E-state index contributed by atoms with van der Waals surface area (Å²) in [6, 6.07) is -0.481. The van der Waals surface area contributed by atoms with E-state index in [4.69, 9.17) is 17.8 Å². The lowest BCUT2D eigenvalue weighted by Gasteiger charge is -2.49. The molecule has 0 aromatic rings. The van der Waals surface area contributed by atoms with Gasteiger partial charge in [0, 0.05) is 36.5 Å². The quantitative estimate of drug-likeness (QED) is 0.306. The van der Waals surface area contributed by atoms with Crippen molar-refractivity contribution in [3.05, 3.63) is 34.9 Å². The van der Waals surface area contributed by atoms with Gasteiger partial charge in [0.05, 0.1) is 36.8 Å². The van der Waals surface area contributed by atoms with Crippen LogP contribution in [0.15, 0.2) is 34.9 Å². The molecule has 3 fully saturated rings. The van der Waals surface area contributed by atoms with Crippen LogP contribution in [0, 0.1) is 5.92 Å². The van der Waals surface area contributed by atoms with Crippen molar-refractivity contribution in [2.45, 2.75) is 80.4 Å². The van der Waals surface area contributed by atoms with E-state index in [-0.39, 0.29) is 31.3 Å². The zero-order valence-electron chi connectivity index (χ0n) is 22.4. The molecule has 40 heavy (non-hydrogen) atoms. The second kappa shape index (κ2) is 9.73. The van der Waals surface area contributed by atoms with E-state index in [1.54, 1.807) is 6.08 Å². The number of fused-ring (bicyclic) bond motifs is 2. The third-order valence-corrected chi connectivity index (χ3v) is 10.1. The highest BCUT2D eigenvalue weighted by Gasteiger charge is 2.60. The molecule has 0 spiro atoms. The highest BCUT2D eigenvalue weighted by atomic mass is 32.2. The molecule has 0 unspecified atom stereocenters. The van der Waals surface area contributed by atoms with Gasteiger partial charge in [-0.25, -0.2) is 9.59 Å². The molecule has 4 aliphatic heterocycles. The molecule has 12 nitrogen and oxygen atoms in total. The Labute approximate surface area is 233 Å². The van der Waals surface area contributed by atoms with E-state index in [9.17, 15) is 26.4 Å². The lowest BCUT2D eigenvalue weighted by Crippen LogP contribution is -2.58. The minimum absolute atomic E-state index is 0.0751. The normalized spacial score (nSPS) is 39.6. The number of nitrogens with one attached hydrogen (secondary N) is 2. The van der Waals surface area contributed by atoms with Crippen molar-refractivity contribution in [1.82, 2.24) is 10.6 Å². The molecule has 6 rings (SSSR count). The number of carbonyl (C=O) groups excluding carboxylic acids is 2. The number of rotatable bonds is 7. The van der Waals surface area contributed by atoms with Gasteiger partial charge in [0.2, 0.25) is 0 Å². The van der Waals surface area contributed by atoms with Crippen molar-refractivity contribution in [2.24, 2.45) is 5.92 Å². The molecule has 0 bridgehead atoms. The van der Waals surface area contributed by atoms with Crippen LogP contribution in [-0.2, 0) is 47.7 Å². The largest absolute Gasteiger partial charge is 0.450 e. The van der Waals surface area contributed by atoms with E-state index in [0.717, 1.165) is 43.9 Å². The number of carbonyl (C=O) groups is 2. The molecule has 4 heterocycles. The Bertz CT molecular complexity index is 1420. The van der Waals surface area contributed by atoms with Gasteiger partial charge in [0.15, 0.2) is 11.2 Å². The second-order valence-corrected chi connectivity index (χ2v) is 14.9. The third kappa shape index (κ3) is 4.96. The lowest BCUT2D eigenvalue weighted by molar-refractivity contribution is -0.152. The molecule has 2 N–H and O–H groups in total. The fourth-order valence-corrected chi connectivity index (χ4v) is 8.86. The molecule has 7 atom stereocenters. The molecule has 14 heteroatoms. The standard InChI is InChI=1S/C26H34N2O10S2/c1-39(31,32)37-16-11-17(19-12-24(30)36-26(19,13-16)22-6-4-8-28-22)18-9-15-10-23(29)35-25(15,21-5-3-7-27-21)14-20(18)38-40(2,33)34/h10-12,16,18,20-22,27-28H,3-9,13-14H2,1-2H3/t16-,18+,20+,21+,22+,25-,26-/m0/s1. The maximum absolute atomic E-state index is 12.8. The van der Waals surface area contributed by atoms with E-state index in [1.807, 2.05) is 0 Å². The summed E-state index contributed by atoms with van der Waals surface area (Å²) in [6.45, 7) is 1.46. The summed E-state index contributed by atoms with van der Waals surface area (Å²) in [5.41, 5.74) is -0.438. The van der Waals surface area contributed by atoms with Crippen LogP contribution in [0.5, 0.6) is 0 Å². The summed E-state index contributed by atoms with van der Waals surface area (Å²) >= 11 is 0. The minimum atomic E-state index is -3.96. The van der Waals surface area contributed by atoms with E-state index in [1.165, 1.54) is 12.2 Å². The van der Waals surface area contributed by atoms with Crippen molar-refractivity contribution >= 4 is 32.2 Å². The van der Waals surface area contributed by atoms with Crippen LogP contribution in [-0.4, -0.2) is 89.9 Å². The van der Waals surface area contributed by atoms with Gasteiger partial charge < -0.3 is 20.1 Å². The van der Waals surface area contributed by atoms with Crippen LogP contribution < -0.4 is 10.6 Å². The lowest BCUT2D eigenvalue weighted by atomic mass is 9.63. The molecular weight excluding hydrogens is 564 g/mol. The monoisotopic (exact) mass is 598 g/mol. The van der Waals surface area contributed by atoms with Crippen LogP contribution >= 0.6 is 0 Å². The van der Waals surface area contributed by atoms with Gasteiger partial charge in [-0.15, -0.1) is 0 Å². The summed E-state index contributed by atoms with van der Waals surface area (Å²) < 4.78 is 72.5. The van der Waals surface area contributed by atoms with Gasteiger partial charge in [-0.2, -0.15) is 16.8 Å².